The Morgan fingerprint density at radius 3 is 2.48 bits per heavy atom. The molecular weight excluding hydrogens is 399 g/mol. The zero-order valence-electron chi connectivity index (χ0n) is 15.4. The van der Waals surface area contributed by atoms with Gasteiger partial charge in [0.2, 0.25) is 10.0 Å². The number of esters is 1. The maximum Gasteiger partial charge on any atom is 0.341 e. The van der Waals surface area contributed by atoms with E-state index in [4.69, 9.17) is 9.88 Å². The first-order chi connectivity index (χ1) is 13.8. The van der Waals surface area contributed by atoms with Gasteiger partial charge in [-0.2, -0.15) is 0 Å². The molecule has 1 heterocycles. The number of nitrogens with two attached hydrogens (primary N) is 1. The molecule has 152 valence electrons. The molecule has 0 fully saturated rings. The predicted octanol–water partition coefficient (Wildman–Crippen LogP) is 1.95. The summed E-state index contributed by atoms with van der Waals surface area (Å²) in [4.78, 5) is 25.5. The average molecular weight is 418 g/mol. The van der Waals surface area contributed by atoms with Crippen molar-refractivity contribution in [1.29, 1.82) is 0 Å². The highest BCUT2D eigenvalue weighted by Gasteiger charge is 2.22. The van der Waals surface area contributed by atoms with Gasteiger partial charge in [0.05, 0.1) is 10.5 Å². The van der Waals surface area contributed by atoms with Crippen LogP contribution in [0.3, 0.4) is 0 Å². The summed E-state index contributed by atoms with van der Waals surface area (Å²) in [6, 6.07) is 12.3. The summed E-state index contributed by atoms with van der Waals surface area (Å²) in [7, 11) is -4.11. The van der Waals surface area contributed by atoms with Crippen LogP contribution in [0, 0.1) is 5.82 Å². The van der Waals surface area contributed by atoms with Gasteiger partial charge in [-0.25, -0.2) is 22.7 Å². The summed E-state index contributed by atoms with van der Waals surface area (Å²) in [5.74, 6) is -2.54. The number of primary sulfonamides is 1. The van der Waals surface area contributed by atoms with Crippen molar-refractivity contribution >= 4 is 27.5 Å². The normalized spacial score (nSPS) is 14.3. The summed E-state index contributed by atoms with van der Waals surface area (Å²) in [6.07, 6.45) is 2.60. The van der Waals surface area contributed by atoms with E-state index in [1.807, 2.05) is 36.4 Å². The Morgan fingerprint density at radius 1 is 1.14 bits per heavy atom. The largest absolute Gasteiger partial charge is 0.452 e. The van der Waals surface area contributed by atoms with Gasteiger partial charge in [-0.1, -0.05) is 36.4 Å². The zero-order valence-corrected chi connectivity index (χ0v) is 16.2. The van der Waals surface area contributed by atoms with Crippen LogP contribution >= 0.6 is 0 Å². The number of benzene rings is 2. The van der Waals surface area contributed by atoms with E-state index in [-0.39, 0.29) is 0 Å². The molecule has 0 radical (unpaired) electrons. The van der Waals surface area contributed by atoms with Crippen molar-refractivity contribution in [3.63, 3.8) is 0 Å². The molecule has 0 aliphatic carbocycles. The number of sulfonamides is 1. The number of hydrogen-bond donors (Lipinski definition) is 1. The molecule has 0 aromatic heterocycles. The fourth-order valence-corrected chi connectivity index (χ4v) is 3.48. The van der Waals surface area contributed by atoms with E-state index < -0.39 is 44.8 Å². The van der Waals surface area contributed by atoms with E-state index in [1.165, 1.54) is 4.90 Å². The van der Waals surface area contributed by atoms with Gasteiger partial charge >= 0.3 is 5.97 Å². The zero-order chi connectivity index (χ0) is 21.0. The SMILES string of the molecule is NS(=O)(=O)c1ccc(F)c(C(=O)OCC(=O)N2CC=C(c3ccccc3)CC2)c1. The Hall–Kier alpha value is -3.04. The van der Waals surface area contributed by atoms with E-state index in [1.54, 1.807) is 0 Å². The highest BCUT2D eigenvalue weighted by atomic mass is 32.2. The lowest BCUT2D eigenvalue weighted by atomic mass is 10.00. The summed E-state index contributed by atoms with van der Waals surface area (Å²) in [5, 5.41) is 4.98. The Bertz CT molecular complexity index is 1070. The van der Waals surface area contributed by atoms with Gasteiger partial charge in [-0.3, -0.25) is 4.79 Å². The first-order valence-corrected chi connectivity index (χ1v) is 10.3. The fourth-order valence-electron chi connectivity index (χ4n) is 2.94. The average Bonchev–Trinajstić information content (AvgIpc) is 2.72. The second kappa shape index (κ2) is 8.54. The lowest BCUT2D eigenvalue weighted by Gasteiger charge is -2.26. The lowest BCUT2D eigenvalue weighted by Crippen LogP contribution is -2.37. The van der Waals surface area contributed by atoms with E-state index in [0.29, 0.717) is 19.5 Å². The Labute approximate surface area is 167 Å². The second-order valence-electron chi connectivity index (χ2n) is 6.45. The van der Waals surface area contributed by atoms with Crippen LogP contribution in [0.5, 0.6) is 0 Å². The number of carbonyl (C=O) groups excluding carboxylic acids is 2. The van der Waals surface area contributed by atoms with Crippen LogP contribution in [-0.4, -0.2) is 44.9 Å². The molecule has 0 atom stereocenters. The molecular formula is C20H19FN2O5S. The number of carbonyl (C=O) groups is 2. The third-order valence-corrected chi connectivity index (χ3v) is 5.43. The van der Waals surface area contributed by atoms with Crippen LogP contribution in [0.25, 0.3) is 5.57 Å². The minimum atomic E-state index is -4.11. The number of nitrogens with zero attached hydrogens (tertiary/aromatic N) is 1. The van der Waals surface area contributed by atoms with Crippen molar-refractivity contribution in [3.05, 3.63) is 71.6 Å². The van der Waals surface area contributed by atoms with Gasteiger partial charge in [-0.15, -0.1) is 0 Å². The topological polar surface area (TPSA) is 107 Å². The Balaban J connectivity index is 1.60. The van der Waals surface area contributed by atoms with Crippen molar-refractivity contribution in [2.24, 2.45) is 5.14 Å². The van der Waals surface area contributed by atoms with Gasteiger partial charge in [0.25, 0.3) is 5.91 Å². The maximum atomic E-state index is 13.9. The van der Waals surface area contributed by atoms with Gasteiger partial charge in [-0.05, 0) is 35.8 Å². The van der Waals surface area contributed by atoms with Crippen LogP contribution in [-0.2, 0) is 19.6 Å². The molecule has 0 saturated heterocycles. The first-order valence-electron chi connectivity index (χ1n) is 8.77. The molecule has 0 spiro atoms. The molecule has 0 unspecified atom stereocenters. The maximum absolute atomic E-state index is 13.9. The quantitative estimate of drug-likeness (QED) is 0.747. The van der Waals surface area contributed by atoms with Crippen molar-refractivity contribution in [2.75, 3.05) is 19.7 Å². The molecule has 2 aromatic carbocycles. The van der Waals surface area contributed by atoms with Gasteiger partial charge in [0, 0.05) is 13.1 Å². The molecule has 1 aliphatic heterocycles. The van der Waals surface area contributed by atoms with Gasteiger partial charge in [0.15, 0.2) is 6.61 Å². The molecule has 29 heavy (non-hydrogen) atoms. The molecule has 1 aliphatic rings. The Kier molecular flexibility index (Phi) is 6.09. The monoisotopic (exact) mass is 418 g/mol. The van der Waals surface area contributed by atoms with Crippen LogP contribution in [0.1, 0.15) is 22.3 Å². The van der Waals surface area contributed by atoms with Gasteiger partial charge < -0.3 is 9.64 Å². The van der Waals surface area contributed by atoms with Crippen LogP contribution < -0.4 is 5.14 Å². The van der Waals surface area contributed by atoms with E-state index in [9.17, 15) is 22.4 Å². The van der Waals surface area contributed by atoms with Gasteiger partial charge in [0.1, 0.15) is 5.82 Å². The minimum Gasteiger partial charge on any atom is -0.452 e. The van der Waals surface area contributed by atoms with Crippen LogP contribution in [0.15, 0.2) is 59.5 Å². The highest BCUT2D eigenvalue weighted by molar-refractivity contribution is 7.89. The number of hydrogen-bond acceptors (Lipinski definition) is 5. The van der Waals surface area contributed by atoms with E-state index >= 15 is 0 Å². The van der Waals surface area contributed by atoms with Crippen LogP contribution in [0.4, 0.5) is 4.39 Å². The molecule has 2 N–H and O–H groups in total. The highest BCUT2D eigenvalue weighted by Crippen LogP contribution is 2.22. The third-order valence-electron chi connectivity index (χ3n) is 4.52. The summed E-state index contributed by atoms with van der Waals surface area (Å²) >= 11 is 0. The molecule has 2 aromatic rings. The van der Waals surface area contributed by atoms with E-state index in [0.717, 1.165) is 29.3 Å². The predicted molar refractivity (Wildman–Crippen MR) is 104 cm³/mol. The molecule has 7 nitrogen and oxygen atoms in total. The molecule has 9 heteroatoms. The first kappa shape index (κ1) is 20.7. The minimum absolute atomic E-state index is 0.371. The number of ether oxygens (including phenoxy) is 1. The summed E-state index contributed by atoms with van der Waals surface area (Å²) in [6.45, 7) is 0.259. The van der Waals surface area contributed by atoms with Crippen molar-refractivity contribution in [2.45, 2.75) is 11.3 Å². The number of amides is 1. The molecule has 3 rings (SSSR count). The second-order valence-corrected chi connectivity index (χ2v) is 8.01. The molecule has 1 amide bonds. The van der Waals surface area contributed by atoms with Crippen molar-refractivity contribution in [1.82, 2.24) is 4.90 Å². The standard InChI is InChI=1S/C20H19FN2O5S/c21-18-7-6-16(29(22,26)27)12-17(18)20(25)28-13-19(24)23-10-8-15(9-11-23)14-4-2-1-3-5-14/h1-8,12H,9-11,13H2,(H2,22,26,27). The summed E-state index contributed by atoms with van der Waals surface area (Å²) in [5.41, 5.74) is 1.62. The van der Waals surface area contributed by atoms with Crippen molar-refractivity contribution < 1.29 is 27.1 Å². The third kappa shape index (κ3) is 5.07. The summed E-state index contributed by atoms with van der Waals surface area (Å²) < 4.78 is 41.4. The number of rotatable bonds is 5. The number of halogens is 1. The molecule has 0 saturated carbocycles. The Morgan fingerprint density at radius 2 is 1.86 bits per heavy atom. The molecule has 0 bridgehead atoms. The smallest absolute Gasteiger partial charge is 0.341 e. The van der Waals surface area contributed by atoms with E-state index in [2.05, 4.69) is 0 Å². The van der Waals surface area contributed by atoms with Crippen LogP contribution in [0.2, 0.25) is 0 Å². The fraction of sp³-hybridized carbons (Fsp3) is 0.200. The lowest BCUT2D eigenvalue weighted by molar-refractivity contribution is -0.134. The van der Waals surface area contributed by atoms with Crippen molar-refractivity contribution in [3.8, 4) is 0 Å².